The van der Waals surface area contributed by atoms with E-state index in [1.807, 2.05) is 5.38 Å². The predicted molar refractivity (Wildman–Crippen MR) is 111 cm³/mol. The van der Waals surface area contributed by atoms with Gasteiger partial charge in [0.05, 0.1) is 27.0 Å². The number of halogens is 1. The highest BCUT2D eigenvalue weighted by Gasteiger charge is 2.16. The summed E-state index contributed by atoms with van der Waals surface area (Å²) in [6.45, 7) is 0. The summed E-state index contributed by atoms with van der Waals surface area (Å²) in [7, 11) is 4.65. The third-order valence-electron chi connectivity index (χ3n) is 3.79. The minimum absolute atomic E-state index is 0.395. The molecule has 1 aromatic heterocycles. The molecule has 0 saturated carbocycles. The lowest BCUT2D eigenvalue weighted by molar-refractivity contribution is 0.262. The Morgan fingerprint density at radius 2 is 1.64 bits per heavy atom. The lowest BCUT2D eigenvalue weighted by Crippen LogP contribution is -2.19. The van der Waals surface area contributed by atoms with Crippen LogP contribution in [0.4, 0.5) is 15.6 Å². The SMILES string of the molecule is COc1cc(-c2csc(NC(=O)Nc3ccc(Cl)cc3)n2)cc(OC)c1OC. The van der Waals surface area contributed by atoms with Crippen molar-refractivity contribution in [3.8, 4) is 28.5 Å². The Hall–Kier alpha value is -2.97. The van der Waals surface area contributed by atoms with Gasteiger partial charge in [0.1, 0.15) is 0 Å². The van der Waals surface area contributed by atoms with Crippen LogP contribution in [0.5, 0.6) is 17.2 Å². The fourth-order valence-corrected chi connectivity index (χ4v) is 3.33. The number of urea groups is 1. The Labute approximate surface area is 171 Å². The monoisotopic (exact) mass is 419 g/mol. The van der Waals surface area contributed by atoms with Crippen molar-refractivity contribution in [1.82, 2.24) is 4.98 Å². The van der Waals surface area contributed by atoms with Crippen LogP contribution in [-0.4, -0.2) is 32.3 Å². The van der Waals surface area contributed by atoms with Crippen LogP contribution in [-0.2, 0) is 0 Å². The number of amides is 2. The molecule has 0 aliphatic carbocycles. The van der Waals surface area contributed by atoms with Crippen molar-refractivity contribution in [1.29, 1.82) is 0 Å². The quantitative estimate of drug-likeness (QED) is 0.578. The van der Waals surface area contributed by atoms with Crippen molar-refractivity contribution in [2.45, 2.75) is 0 Å². The number of ether oxygens (including phenoxy) is 3. The first-order valence-corrected chi connectivity index (χ1v) is 9.39. The number of anilines is 2. The average molecular weight is 420 g/mol. The number of methoxy groups -OCH3 is 3. The summed E-state index contributed by atoms with van der Waals surface area (Å²) in [5.74, 6) is 1.56. The van der Waals surface area contributed by atoms with Gasteiger partial charge in [-0.3, -0.25) is 5.32 Å². The molecule has 28 heavy (non-hydrogen) atoms. The Morgan fingerprint density at radius 1 is 1.00 bits per heavy atom. The van der Waals surface area contributed by atoms with Gasteiger partial charge >= 0.3 is 6.03 Å². The molecule has 0 fully saturated rings. The first kappa shape index (κ1) is 19.8. The smallest absolute Gasteiger partial charge is 0.325 e. The maximum atomic E-state index is 12.2. The van der Waals surface area contributed by atoms with Crippen LogP contribution in [0.3, 0.4) is 0 Å². The number of carbonyl (C=O) groups excluding carboxylic acids is 1. The number of aromatic nitrogens is 1. The largest absolute Gasteiger partial charge is 0.493 e. The van der Waals surface area contributed by atoms with E-state index in [9.17, 15) is 4.79 Å². The van der Waals surface area contributed by atoms with Crippen LogP contribution in [0.2, 0.25) is 5.02 Å². The number of benzene rings is 2. The molecule has 3 aromatic rings. The molecule has 7 nitrogen and oxygen atoms in total. The molecule has 0 unspecified atom stereocenters. The van der Waals surface area contributed by atoms with E-state index in [4.69, 9.17) is 25.8 Å². The van der Waals surface area contributed by atoms with Gasteiger partial charge in [0.15, 0.2) is 16.6 Å². The molecule has 2 aromatic carbocycles. The van der Waals surface area contributed by atoms with Crippen LogP contribution >= 0.6 is 22.9 Å². The number of carbonyl (C=O) groups is 1. The summed E-state index contributed by atoms with van der Waals surface area (Å²) < 4.78 is 16.1. The van der Waals surface area contributed by atoms with Crippen LogP contribution in [0.25, 0.3) is 11.3 Å². The summed E-state index contributed by atoms with van der Waals surface area (Å²) in [5, 5.41) is 8.32. The zero-order chi connectivity index (χ0) is 20.1. The molecule has 0 aliphatic rings. The van der Waals surface area contributed by atoms with E-state index in [0.717, 1.165) is 5.56 Å². The number of hydrogen-bond acceptors (Lipinski definition) is 6. The summed E-state index contributed by atoms with van der Waals surface area (Å²) in [6, 6.07) is 10.0. The molecular formula is C19H18ClN3O4S. The normalized spacial score (nSPS) is 10.3. The Bertz CT molecular complexity index is 951. The first-order chi connectivity index (χ1) is 13.5. The van der Waals surface area contributed by atoms with E-state index >= 15 is 0 Å². The minimum Gasteiger partial charge on any atom is -0.493 e. The predicted octanol–water partition coefficient (Wildman–Crippen LogP) is 5.13. The molecule has 0 bridgehead atoms. The van der Waals surface area contributed by atoms with Gasteiger partial charge in [-0.05, 0) is 36.4 Å². The van der Waals surface area contributed by atoms with Crippen molar-refractivity contribution in [2.24, 2.45) is 0 Å². The lowest BCUT2D eigenvalue weighted by Gasteiger charge is -2.13. The highest BCUT2D eigenvalue weighted by molar-refractivity contribution is 7.14. The third kappa shape index (κ3) is 4.47. The second-order valence-corrected chi connectivity index (χ2v) is 6.83. The van der Waals surface area contributed by atoms with Gasteiger partial charge in [-0.1, -0.05) is 11.6 Å². The van der Waals surface area contributed by atoms with Gasteiger partial charge in [-0.25, -0.2) is 9.78 Å². The van der Waals surface area contributed by atoms with Crippen LogP contribution in [0.15, 0.2) is 41.8 Å². The summed E-state index contributed by atoms with van der Waals surface area (Å²) in [6.07, 6.45) is 0. The highest BCUT2D eigenvalue weighted by Crippen LogP contribution is 2.41. The highest BCUT2D eigenvalue weighted by atomic mass is 35.5. The summed E-state index contributed by atoms with van der Waals surface area (Å²) in [5.41, 5.74) is 2.08. The van der Waals surface area contributed by atoms with Crippen molar-refractivity contribution in [3.63, 3.8) is 0 Å². The Balaban J connectivity index is 1.76. The van der Waals surface area contributed by atoms with Crippen molar-refractivity contribution in [3.05, 3.63) is 46.8 Å². The van der Waals surface area contributed by atoms with Crippen molar-refractivity contribution < 1.29 is 19.0 Å². The van der Waals surface area contributed by atoms with E-state index < -0.39 is 6.03 Å². The number of rotatable bonds is 6. The maximum Gasteiger partial charge on any atom is 0.325 e. The number of nitrogens with one attached hydrogen (secondary N) is 2. The molecule has 0 aliphatic heterocycles. The van der Waals surface area contributed by atoms with Crippen LogP contribution in [0, 0.1) is 0 Å². The standard InChI is InChI=1S/C19H18ClN3O4S/c1-25-15-8-11(9-16(26-2)17(15)27-3)14-10-28-19(22-14)23-18(24)21-13-6-4-12(20)5-7-13/h4-10H,1-3H3,(H2,21,22,23,24). The Morgan fingerprint density at radius 3 is 2.21 bits per heavy atom. The fraction of sp³-hybridized carbons (Fsp3) is 0.158. The molecule has 9 heteroatoms. The number of thiazole rings is 1. The minimum atomic E-state index is -0.395. The molecule has 0 saturated heterocycles. The summed E-state index contributed by atoms with van der Waals surface area (Å²) in [4.78, 5) is 16.6. The lowest BCUT2D eigenvalue weighted by atomic mass is 10.1. The molecule has 2 N–H and O–H groups in total. The molecule has 146 valence electrons. The van der Waals surface area contributed by atoms with Gasteiger partial charge in [0.25, 0.3) is 0 Å². The second kappa shape index (κ2) is 8.81. The summed E-state index contributed by atoms with van der Waals surface area (Å²) >= 11 is 7.14. The number of hydrogen-bond donors (Lipinski definition) is 2. The van der Waals surface area contributed by atoms with Gasteiger partial charge in [0, 0.05) is 21.7 Å². The molecule has 0 atom stereocenters. The zero-order valence-electron chi connectivity index (χ0n) is 15.4. The molecule has 3 rings (SSSR count). The Kier molecular flexibility index (Phi) is 6.23. The maximum absolute atomic E-state index is 12.2. The van der Waals surface area contributed by atoms with Crippen molar-refractivity contribution >= 4 is 39.8 Å². The van der Waals surface area contributed by atoms with E-state index in [-0.39, 0.29) is 0 Å². The topological polar surface area (TPSA) is 81.7 Å². The number of nitrogens with zero attached hydrogens (tertiary/aromatic N) is 1. The van der Waals surface area contributed by atoms with Gasteiger partial charge in [-0.2, -0.15) is 0 Å². The van der Waals surface area contributed by atoms with E-state index in [1.54, 1.807) is 57.7 Å². The van der Waals surface area contributed by atoms with Gasteiger partial charge in [0.2, 0.25) is 5.75 Å². The van der Waals surface area contributed by atoms with Crippen molar-refractivity contribution in [2.75, 3.05) is 32.0 Å². The van der Waals surface area contributed by atoms with E-state index in [2.05, 4.69) is 15.6 Å². The van der Waals surface area contributed by atoms with Gasteiger partial charge < -0.3 is 19.5 Å². The third-order valence-corrected chi connectivity index (χ3v) is 4.80. The van der Waals surface area contributed by atoms with Crippen LogP contribution in [0.1, 0.15) is 0 Å². The zero-order valence-corrected chi connectivity index (χ0v) is 17.0. The van der Waals surface area contributed by atoms with Gasteiger partial charge in [-0.15, -0.1) is 11.3 Å². The van der Waals surface area contributed by atoms with E-state index in [0.29, 0.717) is 38.8 Å². The average Bonchev–Trinajstić information content (AvgIpc) is 3.16. The molecule has 1 heterocycles. The van der Waals surface area contributed by atoms with E-state index in [1.165, 1.54) is 11.3 Å². The molecule has 0 spiro atoms. The molecular weight excluding hydrogens is 402 g/mol. The fourth-order valence-electron chi connectivity index (χ4n) is 2.49. The molecule has 0 radical (unpaired) electrons. The first-order valence-electron chi connectivity index (χ1n) is 8.13. The second-order valence-electron chi connectivity index (χ2n) is 5.54. The van der Waals surface area contributed by atoms with Crippen LogP contribution < -0.4 is 24.8 Å². The molecule has 2 amide bonds.